The molecule has 7 heteroatoms. The number of unbranched alkanes of at least 4 members (excludes halogenated alkanes) is 14. The second-order valence-electron chi connectivity index (χ2n) is 19.6. The van der Waals surface area contributed by atoms with Crippen molar-refractivity contribution in [1.29, 1.82) is 0 Å². The smallest absolute Gasteiger partial charge is 0.407 e. The molecule has 7 nitrogen and oxygen atoms in total. The SMILES string of the molecule is CCCCCCCCC=CCCCCCCCCNC(=O)O[C@@H]1CC[C@@]2(C)C(CCC3C2CC[C@@]2(C)C3CC[C@@H]2[C@H](C)CCC(=O)NCCCCCC(=O)O)C1. The van der Waals surface area contributed by atoms with Crippen molar-refractivity contribution in [2.75, 3.05) is 13.1 Å². The molecule has 0 aliphatic heterocycles. The number of carboxylic acids is 1. The predicted molar refractivity (Wildman–Crippen MR) is 230 cm³/mol. The number of allylic oxidation sites excluding steroid dienone is 2. The van der Waals surface area contributed by atoms with Crippen LogP contribution in [0.1, 0.15) is 214 Å². The van der Waals surface area contributed by atoms with Crippen molar-refractivity contribution in [3.63, 3.8) is 0 Å². The maximum atomic E-state index is 12.8. The minimum Gasteiger partial charge on any atom is -0.481 e. The Bertz CT molecular complexity index is 1190. The Morgan fingerprint density at radius 3 is 2.00 bits per heavy atom. The number of nitrogens with one attached hydrogen (secondary N) is 2. The van der Waals surface area contributed by atoms with E-state index in [9.17, 15) is 14.4 Å². The molecule has 0 spiro atoms. The monoisotopic (exact) mass is 783 g/mol. The van der Waals surface area contributed by atoms with E-state index < -0.39 is 5.97 Å². The zero-order chi connectivity index (χ0) is 40.2. The highest BCUT2D eigenvalue weighted by Crippen LogP contribution is 2.68. The van der Waals surface area contributed by atoms with Gasteiger partial charge >= 0.3 is 12.1 Å². The van der Waals surface area contributed by atoms with E-state index in [0.29, 0.717) is 48.0 Å². The van der Waals surface area contributed by atoms with E-state index in [-0.39, 0.29) is 24.5 Å². The minimum absolute atomic E-state index is 0.0594. The normalized spacial score (nSPS) is 30.3. The molecule has 4 rings (SSSR count). The third-order valence-corrected chi connectivity index (χ3v) is 15.8. The number of carbonyl (C=O) groups is 3. The lowest BCUT2D eigenvalue weighted by atomic mass is 9.44. The Labute approximate surface area is 343 Å². The summed E-state index contributed by atoms with van der Waals surface area (Å²) >= 11 is 0. The molecular weight excluding hydrogens is 697 g/mol. The summed E-state index contributed by atoms with van der Waals surface area (Å²) < 4.78 is 6.06. The van der Waals surface area contributed by atoms with Crippen LogP contribution in [0.2, 0.25) is 0 Å². The van der Waals surface area contributed by atoms with E-state index >= 15 is 0 Å². The fourth-order valence-corrected chi connectivity index (χ4v) is 12.5. The Kier molecular flexibility index (Phi) is 20.6. The van der Waals surface area contributed by atoms with E-state index in [0.717, 1.165) is 62.8 Å². The standard InChI is InChI=1S/C49H86N2O5/c1-5-6-7-8-9-10-11-12-13-14-15-16-17-18-19-22-36-51-47(55)56-40-31-33-48(3)39(37-40)26-27-41-43-29-28-42(49(43,4)34-32-44(41)48)38(2)25-30-45(52)50-35-23-20-21-24-46(53)54/h12-13,38-44H,5-11,14-37H2,1-4H3,(H,50,52)(H,51,55)(H,53,54)/t38-,39?,40-,41?,42-,43?,44?,48+,49-/m1/s1. The van der Waals surface area contributed by atoms with Gasteiger partial charge in [-0.1, -0.05) is 104 Å². The number of hydrogen-bond donors (Lipinski definition) is 3. The van der Waals surface area contributed by atoms with Crippen molar-refractivity contribution in [3.05, 3.63) is 12.2 Å². The van der Waals surface area contributed by atoms with Crippen molar-refractivity contribution < 1.29 is 24.2 Å². The van der Waals surface area contributed by atoms with Crippen LogP contribution in [0.25, 0.3) is 0 Å². The lowest BCUT2D eigenvalue weighted by molar-refractivity contribution is -0.137. The maximum absolute atomic E-state index is 12.8. The highest BCUT2D eigenvalue weighted by molar-refractivity contribution is 5.75. The first-order valence-corrected chi connectivity index (χ1v) is 24.2. The average molecular weight is 783 g/mol. The van der Waals surface area contributed by atoms with Gasteiger partial charge < -0.3 is 20.5 Å². The molecule has 0 bridgehead atoms. The third-order valence-electron chi connectivity index (χ3n) is 15.8. The van der Waals surface area contributed by atoms with Crippen LogP contribution in [0.15, 0.2) is 12.2 Å². The van der Waals surface area contributed by atoms with Gasteiger partial charge in [0.15, 0.2) is 0 Å². The van der Waals surface area contributed by atoms with Crippen LogP contribution in [-0.2, 0) is 14.3 Å². The van der Waals surface area contributed by atoms with Crippen LogP contribution in [0.3, 0.4) is 0 Å². The fraction of sp³-hybridized carbons (Fsp3) is 0.898. The summed E-state index contributed by atoms with van der Waals surface area (Å²) in [4.78, 5) is 36.1. The van der Waals surface area contributed by atoms with Crippen LogP contribution >= 0.6 is 0 Å². The highest BCUT2D eigenvalue weighted by Gasteiger charge is 2.60. The van der Waals surface area contributed by atoms with Crippen LogP contribution in [0.4, 0.5) is 4.79 Å². The highest BCUT2D eigenvalue weighted by atomic mass is 16.6. The average Bonchev–Trinajstić information content (AvgIpc) is 3.53. The van der Waals surface area contributed by atoms with Gasteiger partial charge in [0.1, 0.15) is 6.10 Å². The van der Waals surface area contributed by atoms with Gasteiger partial charge in [-0.05, 0) is 155 Å². The molecule has 9 atom stereocenters. The van der Waals surface area contributed by atoms with Gasteiger partial charge in [-0.25, -0.2) is 4.79 Å². The number of carbonyl (C=O) groups excluding carboxylic acids is 2. The molecule has 56 heavy (non-hydrogen) atoms. The quantitative estimate of drug-likeness (QED) is 0.0568. The van der Waals surface area contributed by atoms with Crippen molar-refractivity contribution in [2.24, 2.45) is 46.3 Å². The van der Waals surface area contributed by atoms with Gasteiger partial charge in [-0.2, -0.15) is 0 Å². The molecule has 0 aromatic carbocycles. The van der Waals surface area contributed by atoms with Gasteiger partial charge in [-0.3, -0.25) is 9.59 Å². The maximum Gasteiger partial charge on any atom is 0.407 e. The van der Waals surface area contributed by atoms with Gasteiger partial charge in [0.2, 0.25) is 5.91 Å². The molecule has 4 fully saturated rings. The largest absolute Gasteiger partial charge is 0.481 e. The topological polar surface area (TPSA) is 105 Å². The molecule has 0 aromatic heterocycles. The number of aliphatic carboxylic acids is 1. The minimum atomic E-state index is -0.745. The zero-order valence-corrected chi connectivity index (χ0v) is 36.7. The number of rotatable bonds is 27. The summed E-state index contributed by atoms with van der Waals surface area (Å²) in [5, 5.41) is 14.9. The Morgan fingerprint density at radius 2 is 1.30 bits per heavy atom. The Hall–Kier alpha value is -2.05. The van der Waals surface area contributed by atoms with Crippen LogP contribution in [0.5, 0.6) is 0 Å². The molecular formula is C49H86N2O5. The van der Waals surface area contributed by atoms with Gasteiger partial charge in [0.05, 0.1) is 0 Å². The molecule has 4 aliphatic rings. The molecule has 4 aliphatic carbocycles. The van der Waals surface area contributed by atoms with Gasteiger partial charge in [0, 0.05) is 25.9 Å². The van der Waals surface area contributed by atoms with Gasteiger partial charge in [-0.15, -0.1) is 0 Å². The Morgan fingerprint density at radius 1 is 0.696 bits per heavy atom. The fourth-order valence-electron chi connectivity index (χ4n) is 12.5. The lowest BCUT2D eigenvalue weighted by Gasteiger charge is -2.61. The van der Waals surface area contributed by atoms with Crippen LogP contribution < -0.4 is 10.6 Å². The number of ether oxygens (including phenoxy) is 1. The molecule has 4 saturated carbocycles. The van der Waals surface area contributed by atoms with E-state index in [2.05, 4.69) is 50.5 Å². The summed E-state index contributed by atoms with van der Waals surface area (Å²) in [6.07, 6.45) is 38.0. The number of hydrogen-bond acceptors (Lipinski definition) is 4. The molecule has 4 unspecified atom stereocenters. The van der Waals surface area contributed by atoms with E-state index in [1.165, 1.54) is 128 Å². The number of fused-ring (bicyclic) bond motifs is 5. The molecule has 0 radical (unpaired) electrons. The van der Waals surface area contributed by atoms with Crippen LogP contribution in [0, 0.1) is 46.3 Å². The third kappa shape index (κ3) is 14.3. The van der Waals surface area contributed by atoms with Crippen molar-refractivity contribution in [2.45, 2.75) is 220 Å². The van der Waals surface area contributed by atoms with E-state index in [4.69, 9.17) is 9.84 Å². The van der Waals surface area contributed by atoms with E-state index in [1.807, 2.05) is 0 Å². The second kappa shape index (κ2) is 24.8. The summed E-state index contributed by atoms with van der Waals surface area (Å²) in [5.74, 6) is 3.71. The van der Waals surface area contributed by atoms with Gasteiger partial charge in [0.25, 0.3) is 0 Å². The summed E-state index contributed by atoms with van der Waals surface area (Å²) in [6.45, 7) is 11.3. The number of alkyl carbamates (subject to hydrolysis) is 1. The molecule has 3 N–H and O–H groups in total. The molecule has 0 heterocycles. The predicted octanol–water partition coefficient (Wildman–Crippen LogP) is 13.0. The first-order chi connectivity index (χ1) is 27.1. The van der Waals surface area contributed by atoms with Crippen molar-refractivity contribution >= 4 is 18.0 Å². The zero-order valence-electron chi connectivity index (χ0n) is 36.7. The summed E-state index contributed by atoms with van der Waals surface area (Å²) in [7, 11) is 0. The molecule has 0 saturated heterocycles. The molecule has 322 valence electrons. The second-order valence-corrected chi connectivity index (χ2v) is 19.6. The number of carboxylic acid groups (broad SMARTS) is 1. The summed E-state index contributed by atoms with van der Waals surface area (Å²) in [6, 6.07) is 0. The lowest BCUT2D eigenvalue weighted by Crippen LogP contribution is -2.54. The van der Waals surface area contributed by atoms with Crippen molar-refractivity contribution in [3.8, 4) is 0 Å². The van der Waals surface area contributed by atoms with E-state index in [1.54, 1.807) is 0 Å². The molecule has 2 amide bonds. The summed E-state index contributed by atoms with van der Waals surface area (Å²) in [5.41, 5.74) is 0.743. The molecule has 0 aromatic rings. The first-order valence-electron chi connectivity index (χ1n) is 24.2. The Balaban J connectivity index is 1.06. The first kappa shape index (κ1) is 46.6. The number of amides is 2. The van der Waals surface area contributed by atoms with Crippen molar-refractivity contribution in [1.82, 2.24) is 10.6 Å². The van der Waals surface area contributed by atoms with Crippen LogP contribution in [-0.4, -0.2) is 42.3 Å².